The number of carboxylic acid groups (broad SMARTS) is 1. The largest absolute Gasteiger partial charge is 0.478 e. The van der Waals surface area contributed by atoms with Crippen LogP contribution < -0.4 is 9.64 Å². The van der Waals surface area contributed by atoms with Gasteiger partial charge in [-0.25, -0.2) is 9.10 Å². The second kappa shape index (κ2) is 10.8. The van der Waals surface area contributed by atoms with Crippen molar-refractivity contribution in [2.24, 2.45) is 0 Å². The number of fused-ring (bicyclic) bond motifs is 1. The summed E-state index contributed by atoms with van der Waals surface area (Å²) >= 11 is 3.21. The van der Waals surface area contributed by atoms with E-state index in [0.717, 1.165) is 33.8 Å². The first-order valence-corrected chi connectivity index (χ1v) is 11.6. The molecule has 1 unspecified atom stereocenters. The zero-order valence-electron chi connectivity index (χ0n) is 17.3. The van der Waals surface area contributed by atoms with Crippen LogP contribution >= 0.6 is 23.7 Å². The molecule has 0 fully saturated rings. The number of carboxylic acids is 1. The smallest absolute Gasteiger partial charge is 0.331 e. The van der Waals surface area contributed by atoms with E-state index in [2.05, 4.69) is 34.5 Å². The molecule has 8 heteroatoms. The fourth-order valence-electron chi connectivity index (χ4n) is 3.15. The molecular formula is C22H26N2O4S2. The Kier molecular flexibility index (Phi) is 8.09. The summed E-state index contributed by atoms with van der Waals surface area (Å²) in [7, 11) is 2.07. The van der Waals surface area contributed by atoms with Gasteiger partial charge in [0.1, 0.15) is 5.75 Å². The maximum absolute atomic E-state index is 10.8. The van der Waals surface area contributed by atoms with Gasteiger partial charge >= 0.3 is 5.97 Å². The fraction of sp³-hybridized carbons (Fsp3) is 0.318. The highest BCUT2D eigenvalue weighted by atomic mass is 32.2. The number of ether oxygens (including phenoxy) is 2. The molecule has 160 valence electrons. The Morgan fingerprint density at radius 3 is 2.77 bits per heavy atom. The Morgan fingerprint density at radius 1 is 1.33 bits per heavy atom. The molecule has 0 spiro atoms. The standard InChI is InChI=1S/C22H26N2O4S2/c1-4-27-15-17-14-24(16-8-6-5-7-9-16)18-12-21(29-3)19(28-11-10-22(25)26)13-20(18)30-23(17)2/h5-13,17H,4,14-15H2,1-3H3,(H,25,26)/b11-10+. The molecule has 0 amide bonds. The second-order valence-corrected chi connectivity index (χ2v) is 8.67. The summed E-state index contributed by atoms with van der Waals surface area (Å²) in [5, 5.41) is 8.84. The minimum atomic E-state index is -1.04. The number of carbonyl (C=O) groups is 1. The van der Waals surface area contributed by atoms with Crippen molar-refractivity contribution in [2.45, 2.75) is 22.8 Å². The molecule has 0 aromatic heterocycles. The molecule has 1 atom stereocenters. The van der Waals surface area contributed by atoms with Gasteiger partial charge in [-0.3, -0.25) is 0 Å². The van der Waals surface area contributed by atoms with Crippen molar-refractivity contribution >= 4 is 41.1 Å². The average Bonchev–Trinajstić information content (AvgIpc) is 2.87. The number of nitrogens with zero attached hydrogens (tertiary/aromatic N) is 2. The van der Waals surface area contributed by atoms with Gasteiger partial charge < -0.3 is 19.5 Å². The van der Waals surface area contributed by atoms with E-state index in [1.165, 1.54) is 6.26 Å². The van der Waals surface area contributed by atoms with E-state index >= 15 is 0 Å². The van der Waals surface area contributed by atoms with Crippen LogP contribution in [0.2, 0.25) is 0 Å². The molecule has 2 aromatic carbocycles. The van der Waals surface area contributed by atoms with Crippen LogP contribution in [0.3, 0.4) is 0 Å². The highest BCUT2D eigenvalue weighted by Gasteiger charge is 2.29. The van der Waals surface area contributed by atoms with Crippen LogP contribution in [-0.4, -0.2) is 54.5 Å². The molecule has 3 rings (SSSR count). The fourth-order valence-corrected chi connectivity index (χ4v) is 4.70. The van der Waals surface area contributed by atoms with Crippen molar-refractivity contribution in [3.63, 3.8) is 0 Å². The van der Waals surface area contributed by atoms with Crippen molar-refractivity contribution < 1.29 is 19.4 Å². The molecule has 2 aromatic rings. The number of thioether (sulfide) groups is 1. The third-order valence-electron chi connectivity index (χ3n) is 4.67. The molecule has 0 radical (unpaired) electrons. The van der Waals surface area contributed by atoms with Crippen molar-refractivity contribution in [3.8, 4) is 5.75 Å². The van der Waals surface area contributed by atoms with Gasteiger partial charge in [-0.05, 0) is 56.4 Å². The van der Waals surface area contributed by atoms with Crippen molar-refractivity contribution in [2.75, 3.05) is 38.0 Å². The lowest BCUT2D eigenvalue weighted by Gasteiger charge is -2.29. The number of rotatable bonds is 8. The lowest BCUT2D eigenvalue weighted by Crippen LogP contribution is -2.39. The number of benzene rings is 2. The first-order chi connectivity index (χ1) is 14.5. The van der Waals surface area contributed by atoms with Gasteiger partial charge in [0.25, 0.3) is 0 Å². The number of hydrogen-bond acceptors (Lipinski definition) is 7. The quantitative estimate of drug-likeness (QED) is 0.266. The van der Waals surface area contributed by atoms with Crippen molar-refractivity contribution in [1.29, 1.82) is 0 Å². The first kappa shape index (κ1) is 22.6. The molecule has 6 nitrogen and oxygen atoms in total. The Bertz CT molecular complexity index is 892. The van der Waals surface area contributed by atoms with E-state index < -0.39 is 5.97 Å². The molecule has 1 aliphatic rings. The van der Waals surface area contributed by atoms with Crippen molar-refractivity contribution in [1.82, 2.24) is 4.31 Å². The maximum Gasteiger partial charge on any atom is 0.331 e. The summed E-state index contributed by atoms with van der Waals surface area (Å²) in [6.07, 6.45) is 4.18. The highest BCUT2D eigenvalue weighted by Crippen LogP contribution is 2.45. The molecule has 1 aliphatic heterocycles. The summed E-state index contributed by atoms with van der Waals surface area (Å²) in [6.45, 7) is 4.11. The minimum absolute atomic E-state index is 0.191. The number of hydrogen-bond donors (Lipinski definition) is 1. The maximum atomic E-state index is 10.8. The van der Waals surface area contributed by atoms with Gasteiger partial charge in [-0.2, -0.15) is 0 Å². The van der Waals surface area contributed by atoms with E-state index in [1.54, 1.807) is 23.7 Å². The summed E-state index contributed by atoms with van der Waals surface area (Å²) in [5.41, 5.74) is 2.21. The van der Waals surface area contributed by atoms with Crippen LogP contribution in [0.4, 0.5) is 11.4 Å². The third-order valence-corrected chi connectivity index (χ3v) is 6.54. The zero-order chi connectivity index (χ0) is 21.5. The normalized spacial score (nSPS) is 17.0. The molecule has 30 heavy (non-hydrogen) atoms. The third kappa shape index (κ3) is 5.51. The lowest BCUT2D eigenvalue weighted by molar-refractivity contribution is -0.131. The van der Waals surface area contributed by atoms with Gasteiger partial charge in [-0.15, -0.1) is 11.8 Å². The van der Waals surface area contributed by atoms with Gasteiger partial charge in [0.05, 0.1) is 40.5 Å². The monoisotopic (exact) mass is 446 g/mol. The average molecular weight is 447 g/mol. The Labute approximate surface area is 186 Å². The first-order valence-electron chi connectivity index (χ1n) is 9.62. The van der Waals surface area contributed by atoms with E-state index in [-0.39, 0.29) is 6.04 Å². The predicted octanol–water partition coefficient (Wildman–Crippen LogP) is 4.88. The Morgan fingerprint density at radius 2 is 2.10 bits per heavy atom. The van der Waals surface area contributed by atoms with Crippen LogP contribution in [0.25, 0.3) is 0 Å². The number of aliphatic carboxylic acids is 1. The van der Waals surface area contributed by atoms with Gasteiger partial charge in [0.2, 0.25) is 0 Å². The van der Waals surface area contributed by atoms with Crippen LogP contribution in [0.1, 0.15) is 6.92 Å². The zero-order valence-corrected chi connectivity index (χ0v) is 18.9. The molecular weight excluding hydrogens is 420 g/mol. The van der Waals surface area contributed by atoms with Gasteiger partial charge in [0.15, 0.2) is 0 Å². The summed E-state index contributed by atoms with van der Waals surface area (Å²) < 4.78 is 13.6. The Hall–Kier alpha value is -2.13. The minimum Gasteiger partial charge on any atom is -0.478 e. The van der Waals surface area contributed by atoms with Crippen LogP contribution in [0.5, 0.6) is 5.75 Å². The molecule has 1 heterocycles. The van der Waals surface area contributed by atoms with E-state index in [1.807, 2.05) is 37.4 Å². The van der Waals surface area contributed by atoms with Crippen molar-refractivity contribution in [3.05, 3.63) is 54.8 Å². The topological polar surface area (TPSA) is 62.2 Å². The lowest BCUT2D eigenvalue weighted by atomic mass is 10.2. The number of anilines is 2. The van der Waals surface area contributed by atoms with E-state index in [0.29, 0.717) is 19.0 Å². The number of para-hydroxylation sites is 1. The van der Waals surface area contributed by atoms with Crippen LogP contribution in [0, 0.1) is 0 Å². The van der Waals surface area contributed by atoms with E-state index in [9.17, 15) is 4.79 Å². The molecule has 0 saturated carbocycles. The molecule has 0 aliphatic carbocycles. The summed E-state index contributed by atoms with van der Waals surface area (Å²) in [4.78, 5) is 15.1. The van der Waals surface area contributed by atoms with Gasteiger partial charge in [0, 0.05) is 18.8 Å². The second-order valence-electron chi connectivity index (χ2n) is 6.63. The summed E-state index contributed by atoms with van der Waals surface area (Å²) in [6, 6.07) is 14.6. The predicted molar refractivity (Wildman–Crippen MR) is 123 cm³/mol. The van der Waals surface area contributed by atoms with Crippen LogP contribution in [0.15, 0.2) is 64.6 Å². The van der Waals surface area contributed by atoms with Gasteiger partial charge in [-0.1, -0.05) is 18.2 Å². The summed E-state index contributed by atoms with van der Waals surface area (Å²) in [5.74, 6) is -0.408. The highest BCUT2D eigenvalue weighted by molar-refractivity contribution is 7.98. The SMILES string of the molecule is CCOCC1CN(c2ccccc2)c2cc(SC)c(O/C=C/C(=O)O)cc2SN1C. The Balaban J connectivity index is 2.04. The van der Waals surface area contributed by atoms with Crippen LogP contribution in [-0.2, 0) is 9.53 Å². The molecule has 1 N–H and O–H groups in total. The number of likely N-dealkylation sites (N-methyl/N-ethyl adjacent to an activating group) is 1. The molecule has 0 bridgehead atoms. The molecule has 0 saturated heterocycles. The van der Waals surface area contributed by atoms with E-state index in [4.69, 9.17) is 14.6 Å².